The molecule has 4 rings (SSSR count). The molecule has 0 bridgehead atoms. The fourth-order valence-corrected chi connectivity index (χ4v) is 4.96. The first-order chi connectivity index (χ1) is 15.8. The van der Waals surface area contributed by atoms with Crippen LogP contribution in [0, 0.1) is 5.92 Å². The van der Waals surface area contributed by atoms with Gasteiger partial charge in [0.15, 0.2) is 5.60 Å². The van der Waals surface area contributed by atoms with Crippen molar-refractivity contribution >= 4 is 29.1 Å². The van der Waals surface area contributed by atoms with E-state index >= 15 is 0 Å². The summed E-state index contributed by atoms with van der Waals surface area (Å²) in [6, 6.07) is 4.63. The number of rotatable bonds is 7. The van der Waals surface area contributed by atoms with E-state index in [1.807, 2.05) is 0 Å². The Labute approximate surface area is 193 Å². The van der Waals surface area contributed by atoms with E-state index in [4.69, 9.17) is 0 Å². The smallest absolute Gasteiger partial charge is 0.261 e. The first kappa shape index (κ1) is 23.4. The van der Waals surface area contributed by atoms with E-state index in [9.17, 15) is 24.6 Å². The van der Waals surface area contributed by atoms with E-state index in [0.29, 0.717) is 23.5 Å². The average Bonchev–Trinajstić information content (AvgIpc) is 3.55. The summed E-state index contributed by atoms with van der Waals surface area (Å²) in [6.07, 6.45) is 6.88. The lowest BCUT2D eigenvalue weighted by Gasteiger charge is -2.26. The Kier molecular flexibility index (Phi) is 6.83. The second kappa shape index (κ2) is 9.62. The molecule has 0 aromatic heterocycles. The normalized spacial score (nSPS) is 27.6. The Morgan fingerprint density at radius 2 is 2.15 bits per heavy atom. The molecule has 0 aliphatic carbocycles. The maximum absolute atomic E-state index is 12.7. The third-order valence-electron chi connectivity index (χ3n) is 6.95. The molecule has 1 aromatic carbocycles. The molecule has 5 N–H and O–H groups in total. The number of carbonyl (C=O) groups excluding carboxylic acids is 3. The van der Waals surface area contributed by atoms with Crippen LogP contribution < -0.4 is 16.0 Å². The molecule has 33 heavy (non-hydrogen) atoms. The summed E-state index contributed by atoms with van der Waals surface area (Å²) in [5.41, 5.74) is -0.410. The molecule has 2 fully saturated rings. The number of anilines is 2. The SMILES string of the molecule is C[C@@H](/C=C/CC(=O)N1CCC[C@H]1CO)[C@]1(O)C(=O)Nc2ccc(NC(=O)[C@H]3CCCN3)cc21. The summed E-state index contributed by atoms with van der Waals surface area (Å²) < 4.78 is 0. The fourth-order valence-electron chi connectivity index (χ4n) is 4.96. The van der Waals surface area contributed by atoms with Crippen molar-refractivity contribution in [2.24, 2.45) is 5.92 Å². The number of nitrogens with zero attached hydrogens (tertiary/aromatic N) is 1. The van der Waals surface area contributed by atoms with E-state index in [1.54, 1.807) is 42.2 Å². The van der Waals surface area contributed by atoms with Gasteiger partial charge in [0.25, 0.3) is 5.91 Å². The predicted molar refractivity (Wildman–Crippen MR) is 123 cm³/mol. The van der Waals surface area contributed by atoms with E-state index in [2.05, 4.69) is 16.0 Å². The maximum atomic E-state index is 12.7. The number of fused-ring (bicyclic) bond motifs is 1. The molecule has 1 aromatic rings. The molecular weight excluding hydrogens is 424 g/mol. The molecule has 2 saturated heterocycles. The third-order valence-corrected chi connectivity index (χ3v) is 6.95. The molecule has 3 aliphatic rings. The number of carbonyl (C=O) groups is 3. The lowest BCUT2D eigenvalue weighted by atomic mass is 9.82. The summed E-state index contributed by atoms with van der Waals surface area (Å²) in [4.78, 5) is 39.4. The fraction of sp³-hybridized carbons (Fsp3) is 0.542. The van der Waals surface area contributed by atoms with Gasteiger partial charge in [-0.3, -0.25) is 14.4 Å². The van der Waals surface area contributed by atoms with Gasteiger partial charge in [0.2, 0.25) is 11.8 Å². The minimum atomic E-state index is -1.82. The molecule has 3 amide bonds. The lowest BCUT2D eigenvalue weighted by Crippen LogP contribution is -2.40. The van der Waals surface area contributed by atoms with Crippen molar-refractivity contribution in [3.63, 3.8) is 0 Å². The minimum absolute atomic E-state index is 0.0434. The van der Waals surface area contributed by atoms with Crippen molar-refractivity contribution in [2.45, 2.75) is 56.7 Å². The summed E-state index contributed by atoms with van der Waals surface area (Å²) in [5, 5.41) is 29.5. The number of benzene rings is 1. The molecule has 9 heteroatoms. The maximum Gasteiger partial charge on any atom is 0.261 e. The number of nitrogens with one attached hydrogen (secondary N) is 3. The summed E-state index contributed by atoms with van der Waals surface area (Å²) >= 11 is 0. The highest BCUT2D eigenvalue weighted by atomic mass is 16.3. The van der Waals surface area contributed by atoms with Crippen LogP contribution in [0.25, 0.3) is 0 Å². The zero-order valence-electron chi connectivity index (χ0n) is 18.8. The van der Waals surface area contributed by atoms with Gasteiger partial charge >= 0.3 is 0 Å². The summed E-state index contributed by atoms with van der Waals surface area (Å²) in [7, 11) is 0. The van der Waals surface area contributed by atoms with Gasteiger partial charge in [-0.1, -0.05) is 19.1 Å². The van der Waals surface area contributed by atoms with E-state index in [1.165, 1.54) is 0 Å². The van der Waals surface area contributed by atoms with Crippen molar-refractivity contribution in [3.8, 4) is 0 Å². The number of hydrogen-bond acceptors (Lipinski definition) is 6. The molecule has 3 heterocycles. The summed E-state index contributed by atoms with van der Waals surface area (Å²) in [5.74, 6) is -1.37. The molecular formula is C24H32N4O5. The monoisotopic (exact) mass is 456 g/mol. The number of aliphatic hydroxyl groups excluding tert-OH is 1. The second-order valence-electron chi connectivity index (χ2n) is 9.11. The van der Waals surface area contributed by atoms with E-state index in [0.717, 1.165) is 32.2 Å². The van der Waals surface area contributed by atoms with Crippen LogP contribution in [0.15, 0.2) is 30.4 Å². The third kappa shape index (κ3) is 4.53. The van der Waals surface area contributed by atoms with E-state index < -0.39 is 17.4 Å². The molecule has 0 saturated carbocycles. The zero-order valence-corrected chi connectivity index (χ0v) is 18.8. The molecule has 3 aliphatic heterocycles. The Hall–Kier alpha value is -2.75. The lowest BCUT2D eigenvalue weighted by molar-refractivity contribution is -0.137. The Bertz CT molecular complexity index is 958. The topological polar surface area (TPSA) is 131 Å². The highest BCUT2D eigenvalue weighted by Gasteiger charge is 2.48. The van der Waals surface area contributed by atoms with Crippen molar-refractivity contribution in [1.29, 1.82) is 0 Å². The van der Waals surface area contributed by atoms with Crippen LogP contribution in [0.1, 0.15) is 44.6 Å². The van der Waals surface area contributed by atoms with E-state index in [-0.39, 0.29) is 36.9 Å². The van der Waals surface area contributed by atoms with Crippen LogP contribution >= 0.6 is 0 Å². The van der Waals surface area contributed by atoms with Gasteiger partial charge in [-0.15, -0.1) is 0 Å². The van der Waals surface area contributed by atoms with Crippen LogP contribution in [0.4, 0.5) is 11.4 Å². The highest BCUT2D eigenvalue weighted by Crippen LogP contribution is 2.43. The quantitative estimate of drug-likeness (QED) is 0.390. The molecule has 4 atom stereocenters. The standard InChI is InChI=1S/C24H32N4O5/c1-15(5-2-8-21(30)28-12-4-6-17(28)14-29)24(33)18-13-16(9-10-19(18)27-23(24)32)26-22(31)20-7-3-11-25-20/h2,5,9-10,13,15,17,20,25,29,33H,3-4,6-8,11-12,14H2,1H3,(H,26,31)(H,27,32)/b5-2+/t15-,17-,20+,24+/m0/s1. The molecule has 9 nitrogen and oxygen atoms in total. The summed E-state index contributed by atoms with van der Waals surface area (Å²) in [6.45, 7) is 3.12. The second-order valence-corrected chi connectivity index (χ2v) is 9.11. The predicted octanol–water partition coefficient (Wildman–Crippen LogP) is 1.08. The largest absolute Gasteiger partial charge is 0.394 e. The van der Waals surface area contributed by atoms with Gasteiger partial charge in [0, 0.05) is 35.8 Å². The van der Waals surface area contributed by atoms with Crippen molar-refractivity contribution in [1.82, 2.24) is 10.2 Å². The van der Waals surface area contributed by atoms with Gasteiger partial charge in [0.05, 0.1) is 18.7 Å². The van der Waals surface area contributed by atoms with Crippen LogP contribution in [0.3, 0.4) is 0 Å². The van der Waals surface area contributed by atoms with Crippen LogP contribution in [-0.2, 0) is 20.0 Å². The van der Waals surface area contributed by atoms with Gasteiger partial charge < -0.3 is 31.1 Å². The molecule has 0 radical (unpaired) electrons. The van der Waals surface area contributed by atoms with Crippen molar-refractivity contribution < 1.29 is 24.6 Å². The first-order valence-corrected chi connectivity index (χ1v) is 11.6. The zero-order chi connectivity index (χ0) is 23.6. The molecule has 0 unspecified atom stereocenters. The Morgan fingerprint density at radius 1 is 1.33 bits per heavy atom. The van der Waals surface area contributed by atoms with Crippen LogP contribution in [-0.4, -0.2) is 64.6 Å². The first-order valence-electron chi connectivity index (χ1n) is 11.6. The minimum Gasteiger partial charge on any atom is -0.394 e. The highest BCUT2D eigenvalue weighted by molar-refractivity contribution is 6.06. The van der Waals surface area contributed by atoms with Gasteiger partial charge in [-0.05, 0) is 50.4 Å². The number of likely N-dealkylation sites (tertiary alicyclic amines) is 1. The van der Waals surface area contributed by atoms with Gasteiger partial charge in [-0.25, -0.2) is 0 Å². The van der Waals surface area contributed by atoms with Crippen molar-refractivity contribution in [2.75, 3.05) is 30.3 Å². The average molecular weight is 457 g/mol. The number of aliphatic hydroxyl groups is 2. The molecule has 0 spiro atoms. The Morgan fingerprint density at radius 3 is 2.88 bits per heavy atom. The Balaban J connectivity index is 1.46. The van der Waals surface area contributed by atoms with Gasteiger partial charge in [0.1, 0.15) is 0 Å². The van der Waals surface area contributed by atoms with Crippen molar-refractivity contribution in [3.05, 3.63) is 35.9 Å². The van der Waals surface area contributed by atoms with Crippen LogP contribution in [0.5, 0.6) is 0 Å². The van der Waals surface area contributed by atoms with Gasteiger partial charge in [-0.2, -0.15) is 0 Å². The number of hydrogen-bond donors (Lipinski definition) is 5. The number of amides is 3. The molecule has 178 valence electrons. The van der Waals surface area contributed by atoms with Crippen LogP contribution in [0.2, 0.25) is 0 Å².